The summed E-state index contributed by atoms with van der Waals surface area (Å²) in [5.74, 6) is -1.22. The summed E-state index contributed by atoms with van der Waals surface area (Å²) in [6.07, 6.45) is 3.28. The molecule has 5 rings (SSSR count). The Hall–Kier alpha value is -3.75. The average Bonchev–Trinajstić information content (AvgIpc) is 3.94. The van der Waals surface area contributed by atoms with Crippen LogP contribution in [0.5, 0.6) is 11.6 Å². The molecule has 0 spiro atoms. The lowest BCUT2D eigenvalue weighted by Crippen LogP contribution is -2.59. The van der Waals surface area contributed by atoms with Crippen molar-refractivity contribution >= 4 is 38.5 Å². The summed E-state index contributed by atoms with van der Waals surface area (Å²) in [7, 11) is 0.859. The number of likely N-dealkylation sites (tertiary alicyclic amines) is 1. The minimum atomic E-state index is -3.84. The molecule has 1 aliphatic heterocycles. The molecule has 44 heavy (non-hydrogen) atoms. The van der Waals surface area contributed by atoms with E-state index < -0.39 is 62.8 Å². The van der Waals surface area contributed by atoms with Crippen LogP contribution in [-0.4, -0.2) is 98.9 Å². The number of sulfonamides is 1. The highest BCUT2D eigenvalue weighted by Crippen LogP contribution is 2.45. The zero-order chi connectivity index (χ0) is 31.8. The number of hydrogen-bond donors (Lipinski definition) is 3. The monoisotopic (exact) mass is 629 g/mol. The Morgan fingerprint density at radius 2 is 1.95 bits per heavy atom. The highest BCUT2D eigenvalue weighted by molar-refractivity contribution is 7.91. The second-order valence-corrected chi connectivity index (χ2v) is 13.5. The molecule has 1 aromatic carbocycles. The number of rotatable bonds is 13. The second-order valence-electron chi connectivity index (χ2n) is 11.6. The fourth-order valence-corrected chi connectivity index (χ4v) is 7.14. The van der Waals surface area contributed by atoms with Gasteiger partial charge in [0.1, 0.15) is 29.5 Å². The third-order valence-electron chi connectivity index (χ3n) is 8.73. The topological polar surface area (TPSA) is 165 Å². The van der Waals surface area contributed by atoms with Gasteiger partial charge in [-0.15, -0.1) is 6.58 Å². The molecule has 2 heterocycles. The molecule has 3 amide bonds. The van der Waals surface area contributed by atoms with Crippen molar-refractivity contribution in [2.75, 3.05) is 27.8 Å². The van der Waals surface area contributed by atoms with Gasteiger partial charge in [0.25, 0.3) is 5.91 Å². The molecular weight excluding hydrogens is 590 g/mol. The summed E-state index contributed by atoms with van der Waals surface area (Å²) < 4.78 is 44.2. The quantitative estimate of drug-likeness (QED) is 0.271. The van der Waals surface area contributed by atoms with Gasteiger partial charge in [-0.1, -0.05) is 6.08 Å². The molecular formula is C30H39N5O8S. The predicted octanol–water partition coefficient (Wildman–Crippen LogP) is 0.884. The lowest BCUT2D eigenvalue weighted by molar-refractivity contribution is -0.143. The second kappa shape index (κ2) is 12.3. The van der Waals surface area contributed by atoms with E-state index >= 15 is 0 Å². The number of aromatic nitrogens is 1. The first kappa shape index (κ1) is 31.7. The van der Waals surface area contributed by atoms with Crippen molar-refractivity contribution < 1.29 is 37.0 Å². The molecule has 3 aliphatic rings. The van der Waals surface area contributed by atoms with E-state index in [0.717, 1.165) is 10.8 Å². The van der Waals surface area contributed by atoms with Gasteiger partial charge in [-0.2, -0.15) is 0 Å². The van der Waals surface area contributed by atoms with Crippen LogP contribution in [-0.2, 0) is 29.1 Å². The maximum Gasteiger partial charge on any atom is 0.259 e. The number of nitrogens with zero attached hydrogens (tertiary/aromatic N) is 2. The molecule has 0 unspecified atom stereocenters. The third kappa shape index (κ3) is 6.10. The number of fused-ring (bicyclic) bond motifs is 1. The zero-order valence-corrected chi connectivity index (χ0v) is 26.1. The van der Waals surface area contributed by atoms with E-state index in [-0.39, 0.29) is 25.3 Å². The van der Waals surface area contributed by atoms with Crippen molar-refractivity contribution in [3.63, 3.8) is 0 Å². The fourth-order valence-electron chi connectivity index (χ4n) is 5.77. The first-order chi connectivity index (χ1) is 21.0. The van der Waals surface area contributed by atoms with E-state index in [4.69, 9.17) is 14.2 Å². The van der Waals surface area contributed by atoms with Gasteiger partial charge in [0.15, 0.2) is 0 Å². The van der Waals surface area contributed by atoms with E-state index in [2.05, 4.69) is 26.9 Å². The van der Waals surface area contributed by atoms with Gasteiger partial charge in [-0.05, 0) is 62.9 Å². The van der Waals surface area contributed by atoms with E-state index in [9.17, 15) is 22.8 Å². The van der Waals surface area contributed by atoms with Crippen molar-refractivity contribution in [2.45, 2.75) is 67.7 Å². The van der Waals surface area contributed by atoms with Gasteiger partial charge in [-0.3, -0.25) is 19.1 Å². The summed E-state index contributed by atoms with van der Waals surface area (Å²) >= 11 is 0. The van der Waals surface area contributed by atoms with Crippen LogP contribution in [0, 0.1) is 5.92 Å². The Balaban J connectivity index is 1.40. The maximum atomic E-state index is 13.9. The highest BCUT2D eigenvalue weighted by atomic mass is 32.2. The largest absolute Gasteiger partial charge is 0.497 e. The lowest BCUT2D eigenvalue weighted by atomic mass is 10.1. The van der Waals surface area contributed by atoms with E-state index in [1.807, 2.05) is 18.2 Å². The van der Waals surface area contributed by atoms with Crippen LogP contribution in [0.25, 0.3) is 10.8 Å². The first-order valence-corrected chi connectivity index (χ1v) is 16.1. The van der Waals surface area contributed by atoms with Crippen LogP contribution in [0.15, 0.2) is 43.1 Å². The molecule has 6 atom stereocenters. The Morgan fingerprint density at radius 1 is 1.20 bits per heavy atom. The van der Waals surface area contributed by atoms with Crippen LogP contribution < -0.4 is 24.8 Å². The summed E-state index contributed by atoms with van der Waals surface area (Å²) in [5, 5.41) is 6.73. The van der Waals surface area contributed by atoms with Crippen molar-refractivity contribution in [1.29, 1.82) is 0 Å². The van der Waals surface area contributed by atoms with Crippen molar-refractivity contribution in [3.8, 4) is 11.6 Å². The summed E-state index contributed by atoms with van der Waals surface area (Å²) in [6.45, 7) is 5.56. The SMILES string of the molecule is C=C[C@@H]1C[C@]1(NC(=O)[C@@H]1C[C@@H](Oc2nccc3cc(OC)ccc23)CN1C(=O)[C@@H](NC)[C@H](C)OC)C(=O)NS(=O)(=O)C1CC1. The molecule has 3 fully saturated rings. The number of hydrogen-bond acceptors (Lipinski definition) is 10. The molecule has 238 valence electrons. The molecule has 3 N–H and O–H groups in total. The van der Waals surface area contributed by atoms with Crippen LogP contribution in [0.4, 0.5) is 0 Å². The number of methoxy groups -OCH3 is 2. The first-order valence-electron chi connectivity index (χ1n) is 14.6. The van der Waals surface area contributed by atoms with E-state index in [1.54, 1.807) is 33.3 Å². The summed E-state index contributed by atoms with van der Waals surface area (Å²) in [4.78, 5) is 46.8. The smallest absolute Gasteiger partial charge is 0.259 e. The standard InChI is InChI=1S/C30H39N5O8S/c1-6-19-15-30(19,29(38)34-44(39,40)22-8-9-22)33-26(36)24-14-21(16-35(24)28(37)25(31-3)17(2)41-4)43-27-23-10-7-20(42-5)13-18(23)11-12-32-27/h6-7,10-13,17,19,21-22,24-25,31H,1,8-9,14-16H2,2-5H3,(H,33,36)(H,34,38)/t17-,19+,21+,24-,25-,30+/m0/s1. The Kier molecular flexibility index (Phi) is 8.87. The minimum Gasteiger partial charge on any atom is -0.497 e. The molecule has 1 aromatic heterocycles. The predicted molar refractivity (Wildman–Crippen MR) is 161 cm³/mol. The zero-order valence-electron chi connectivity index (χ0n) is 25.2. The Labute approximate surface area is 256 Å². The molecule has 0 bridgehead atoms. The minimum absolute atomic E-state index is 0.0693. The molecule has 2 aromatic rings. The molecule has 2 saturated carbocycles. The Bertz CT molecular complexity index is 1560. The Morgan fingerprint density at radius 3 is 2.57 bits per heavy atom. The fraction of sp³-hybridized carbons (Fsp3) is 0.533. The van der Waals surface area contributed by atoms with Gasteiger partial charge in [0, 0.05) is 31.0 Å². The molecule has 2 aliphatic carbocycles. The van der Waals surface area contributed by atoms with E-state index in [1.165, 1.54) is 18.1 Å². The number of nitrogens with one attached hydrogen (secondary N) is 3. The normalized spacial score (nSPS) is 26.0. The third-order valence-corrected chi connectivity index (χ3v) is 10.5. The number of likely N-dealkylation sites (N-methyl/N-ethyl adjacent to an activating group) is 1. The number of carbonyl (C=O) groups is 3. The van der Waals surface area contributed by atoms with Gasteiger partial charge in [-0.25, -0.2) is 13.4 Å². The number of benzene rings is 1. The lowest BCUT2D eigenvalue weighted by Gasteiger charge is -2.31. The molecule has 13 nitrogen and oxygen atoms in total. The summed E-state index contributed by atoms with van der Waals surface area (Å²) in [5.41, 5.74) is -1.48. The number of amides is 3. The van der Waals surface area contributed by atoms with Crippen LogP contribution in [0.1, 0.15) is 32.6 Å². The molecule has 1 saturated heterocycles. The van der Waals surface area contributed by atoms with Crippen LogP contribution in [0.2, 0.25) is 0 Å². The van der Waals surface area contributed by atoms with Crippen molar-refractivity contribution in [2.24, 2.45) is 5.92 Å². The van der Waals surface area contributed by atoms with Gasteiger partial charge in [0.05, 0.1) is 25.0 Å². The van der Waals surface area contributed by atoms with Crippen molar-refractivity contribution in [3.05, 3.63) is 43.1 Å². The van der Waals surface area contributed by atoms with Gasteiger partial charge >= 0.3 is 0 Å². The number of ether oxygens (including phenoxy) is 3. The van der Waals surface area contributed by atoms with Crippen molar-refractivity contribution in [1.82, 2.24) is 25.2 Å². The number of pyridine rings is 1. The molecule has 14 heteroatoms. The van der Waals surface area contributed by atoms with Crippen LogP contribution >= 0.6 is 0 Å². The number of carbonyl (C=O) groups excluding carboxylic acids is 3. The van der Waals surface area contributed by atoms with Gasteiger partial charge < -0.3 is 29.7 Å². The summed E-state index contributed by atoms with van der Waals surface area (Å²) in [6, 6.07) is 5.53. The van der Waals surface area contributed by atoms with Crippen LogP contribution in [0.3, 0.4) is 0 Å². The van der Waals surface area contributed by atoms with E-state index in [0.29, 0.717) is 24.5 Å². The average molecular weight is 630 g/mol. The van der Waals surface area contributed by atoms with Gasteiger partial charge in [0.2, 0.25) is 27.7 Å². The highest BCUT2D eigenvalue weighted by Gasteiger charge is 2.62. The molecule has 0 radical (unpaired) electrons. The maximum absolute atomic E-state index is 13.9.